The monoisotopic (exact) mass is 209 g/mol. The predicted molar refractivity (Wildman–Crippen MR) is 56.8 cm³/mol. The van der Waals surface area contributed by atoms with Crippen molar-refractivity contribution in [1.29, 1.82) is 0 Å². The van der Waals surface area contributed by atoms with E-state index < -0.39 is 12.0 Å². The van der Waals surface area contributed by atoms with Crippen LogP contribution in [-0.2, 0) is 4.79 Å². The summed E-state index contributed by atoms with van der Waals surface area (Å²) in [4.78, 5) is 10.7. The number of aliphatic carboxylic acids is 1. The quantitative estimate of drug-likeness (QED) is 0.789. The summed E-state index contributed by atoms with van der Waals surface area (Å²) in [5, 5.41) is 8.74. The van der Waals surface area contributed by atoms with Crippen LogP contribution < -0.4 is 10.5 Å². The van der Waals surface area contributed by atoms with Crippen molar-refractivity contribution < 1.29 is 14.6 Å². The predicted octanol–water partition coefficient (Wildman–Crippen LogP) is 1.56. The Hall–Kier alpha value is -1.55. The summed E-state index contributed by atoms with van der Waals surface area (Å²) in [6.45, 7) is 3.81. The SMILES string of the molecule is CC(C)Oc1cccc([C@H](N)C(=O)O)c1. The first-order chi connectivity index (χ1) is 7.00. The number of ether oxygens (including phenoxy) is 1. The Morgan fingerprint density at radius 3 is 2.67 bits per heavy atom. The van der Waals surface area contributed by atoms with Crippen LogP contribution in [0.25, 0.3) is 0 Å². The highest BCUT2D eigenvalue weighted by Crippen LogP contribution is 2.19. The second kappa shape index (κ2) is 4.79. The van der Waals surface area contributed by atoms with Gasteiger partial charge in [0.25, 0.3) is 0 Å². The van der Waals surface area contributed by atoms with Crippen LogP contribution in [0.15, 0.2) is 24.3 Å². The molecule has 0 fully saturated rings. The van der Waals surface area contributed by atoms with Gasteiger partial charge < -0.3 is 15.6 Å². The van der Waals surface area contributed by atoms with Gasteiger partial charge in [0.2, 0.25) is 0 Å². The maximum absolute atomic E-state index is 10.7. The average Bonchev–Trinajstić information content (AvgIpc) is 2.16. The van der Waals surface area contributed by atoms with Gasteiger partial charge in [-0.2, -0.15) is 0 Å². The summed E-state index contributed by atoms with van der Waals surface area (Å²) in [5.41, 5.74) is 6.02. The second-order valence-electron chi connectivity index (χ2n) is 3.56. The molecule has 0 amide bonds. The zero-order valence-corrected chi connectivity index (χ0v) is 8.81. The Bertz CT molecular complexity index is 349. The first-order valence-corrected chi connectivity index (χ1v) is 4.75. The summed E-state index contributed by atoms with van der Waals surface area (Å²) >= 11 is 0. The van der Waals surface area contributed by atoms with Gasteiger partial charge in [-0.1, -0.05) is 12.1 Å². The van der Waals surface area contributed by atoms with Crippen molar-refractivity contribution in [2.24, 2.45) is 5.73 Å². The van der Waals surface area contributed by atoms with E-state index in [0.717, 1.165) is 0 Å². The molecular formula is C11H15NO3. The number of carboxylic acid groups (broad SMARTS) is 1. The largest absolute Gasteiger partial charge is 0.491 e. The smallest absolute Gasteiger partial charge is 0.325 e. The van der Waals surface area contributed by atoms with E-state index in [1.54, 1.807) is 24.3 Å². The number of rotatable bonds is 4. The standard InChI is InChI=1S/C11H15NO3/c1-7(2)15-9-5-3-4-8(6-9)10(12)11(13)14/h3-7,10H,12H2,1-2H3,(H,13,14)/t10-/m0/s1. The topological polar surface area (TPSA) is 72.5 Å². The van der Waals surface area contributed by atoms with Gasteiger partial charge in [0, 0.05) is 0 Å². The zero-order chi connectivity index (χ0) is 11.4. The van der Waals surface area contributed by atoms with Crippen molar-refractivity contribution in [2.45, 2.75) is 26.0 Å². The molecule has 1 rings (SSSR count). The first-order valence-electron chi connectivity index (χ1n) is 4.75. The third-order valence-electron chi connectivity index (χ3n) is 1.86. The minimum Gasteiger partial charge on any atom is -0.491 e. The molecule has 0 aliphatic rings. The van der Waals surface area contributed by atoms with E-state index in [1.807, 2.05) is 13.8 Å². The average molecular weight is 209 g/mol. The van der Waals surface area contributed by atoms with Crippen LogP contribution in [0.2, 0.25) is 0 Å². The van der Waals surface area contributed by atoms with Gasteiger partial charge in [0.05, 0.1) is 6.10 Å². The molecule has 0 aliphatic heterocycles. The van der Waals surface area contributed by atoms with E-state index in [9.17, 15) is 4.79 Å². The van der Waals surface area contributed by atoms with E-state index in [1.165, 1.54) is 0 Å². The molecule has 15 heavy (non-hydrogen) atoms. The minimum atomic E-state index is -1.04. The molecule has 82 valence electrons. The molecule has 4 heteroatoms. The van der Waals surface area contributed by atoms with E-state index in [0.29, 0.717) is 11.3 Å². The molecule has 1 aromatic carbocycles. The zero-order valence-electron chi connectivity index (χ0n) is 8.81. The lowest BCUT2D eigenvalue weighted by Crippen LogP contribution is -2.20. The van der Waals surface area contributed by atoms with Gasteiger partial charge in [0.1, 0.15) is 11.8 Å². The molecule has 0 saturated heterocycles. The lowest BCUT2D eigenvalue weighted by Gasteiger charge is -2.12. The fourth-order valence-corrected chi connectivity index (χ4v) is 1.20. The Kier molecular flexibility index (Phi) is 3.68. The van der Waals surface area contributed by atoms with Gasteiger partial charge in [-0.15, -0.1) is 0 Å². The summed E-state index contributed by atoms with van der Waals surface area (Å²) in [6.07, 6.45) is 0.0568. The van der Waals surface area contributed by atoms with Crippen molar-refractivity contribution in [1.82, 2.24) is 0 Å². The van der Waals surface area contributed by atoms with Gasteiger partial charge in [-0.3, -0.25) is 4.79 Å². The number of carbonyl (C=O) groups is 1. The molecule has 0 heterocycles. The second-order valence-corrected chi connectivity index (χ2v) is 3.56. The van der Waals surface area contributed by atoms with E-state index >= 15 is 0 Å². The number of benzene rings is 1. The maximum Gasteiger partial charge on any atom is 0.325 e. The third-order valence-corrected chi connectivity index (χ3v) is 1.86. The molecule has 4 nitrogen and oxygen atoms in total. The molecule has 0 saturated carbocycles. The third kappa shape index (κ3) is 3.25. The summed E-state index contributed by atoms with van der Waals surface area (Å²) < 4.78 is 5.44. The maximum atomic E-state index is 10.7. The molecule has 1 atom stereocenters. The molecule has 0 aliphatic carbocycles. The van der Waals surface area contributed by atoms with Gasteiger partial charge in [0.15, 0.2) is 0 Å². The van der Waals surface area contributed by atoms with Crippen LogP contribution in [0.5, 0.6) is 5.75 Å². The Labute approximate surface area is 88.7 Å². The van der Waals surface area contributed by atoms with Crippen molar-refractivity contribution in [3.8, 4) is 5.75 Å². The van der Waals surface area contributed by atoms with Crippen molar-refractivity contribution in [3.05, 3.63) is 29.8 Å². The van der Waals surface area contributed by atoms with Crippen molar-refractivity contribution >= 4 is 5.97 Å². The van der Waals surface area contributed by atoms with Crippen LogP contribution >= 0.6 is 0 Å². The molecule has 0 aromatic heterocycles. The summed E-state index contributed by atoms with van der Waals surface area (Å²) in [7, 11) is 0. The Morgan fingerprint density at radius 1 is 1.47 bits per heavy atom. The van der Waals surface area contributed by atoms with Crippen molar-refractivity contribution in [3.63, 3.8) is 0 Å². The first kappa shape index (κ1) is 11.5. The summed E-state index contributed by atoms with van der Waals surface area (Å²) in [6, 6.07) is 5.83. The summed E-state index contributed by atoms with van der Waals surface area (Å²) in [5.74, 6) is -0.407. The van der Waals surface area contributed by atoms with E-state index in [2.05, 4.69) is 0 Å². The Balaban J connectivity index is 2.87. The van der Waals surface area contributed by atoms with Crippen LogP contribution in [-0.4, -0.2) is 17.2 Å². The molecule has 1 aromatic rings. The van der Waals surface area contributed by atoms with Crippen LogP contribution in [0.4, 0.5) is 0 Å². The number of hydrogen-bond acceptors (Lipinski definition) is 3. The lowest BCUT2D eigenvalue weighted by molar-refractivity contribution is -0.138. The number of nitrogens with two attached hydrogens (primary N) is 1. The fourth-order valence-electron chi connectivity index (χ4n) is 1.20. The number of hydrogen-bond donors (Lipinski definition) is 2. The minimum absolute atomic E-state index is 0.0568. The van der Waals surface area contributed by atoms with Crippen LogP contribution in [0, 0.1) is 0 Å². The van der Waals surface area contributed by atoms with Gasteiger partial charge in [-0.05, 0) is 31.5 Å². The normalized spacial score (nSPS) is 12.5. The van der Waals surface area contributed by atoms with Gasteiger partial charge in [-0.25, -0.2) is 0 Å². The highest BCUT2D eigenvalue weighted by atomic mass is 16.5. The van der Waals surface area contributed by atoms with Gasteiger partial charge >= 0.3 is 5.97 Å². The molecular weight excluding hydrogens is 194 g/mol. The molecule has 0 spiro atoms. The van der Waals surface area contributed by atoms with Crippen molar-refractivity contribution in [2.75, 3.05) is 0 Å². The molecule has 0 unspecified atom stereocenters. The molecule has 3 N–H and O–H groups in total. The highest BCUT2D eigenvalue weighted by Gasteiger charge is 2.14. The molecule has 0 bridgehead atoms. The highest BCUT2D eigenvalue weighted by molar-refractivity contribution is 5.75. The van der Waals surface area contributed by atoms with E-state index in [4.69, 9.17) is 15.6 Å². The Morgan fingerprint density at radius 2 is 2.13 bits per heavy atom. The number of carboxylic acids is 1. The fraction of sp³-hybridized carbons (Fsp3) is 0.364. The van der Waals surface area contributed by atoms with E-state index in [-0.39, 0.29) is 6.10 Å². The lowest BCUT2D eigenvalue weighted by atomic mass is 10.1. The molecule has 0 radical (unpaired) electrons. The van der Waals surface area contributed by atoms with Crippen LogP contribution in [0.3, 0.4) is 0 Å². The van der Waals surface area contributed by atoms with Crippen LogP contribution in [0.1, 0.15) is 25.5 Å².